The van der Waals surface area contributed by atoms with Gasteiger partial charge in [-0.3, -0.25) is 9.69 Å². The zero-order valence-corrected chi connectivity index (χ0v) is 21.4. The Morgan fingerprint density at radius 2 is 1.56 bits per heavy atom. The van der Waals surface area contributed by atoms with E-state index in [4.69, 9.17) is 9.97 Å². The molecular formula is C31H34N4O. The maximum absolute atomic E-state index is 13.0. The standard InChI is InChI=1S/C31H34N4O/c1-21-8-6-11-24(18-21)29-30(25-12-7-9-22(2)19-25)34-28-20-26(13-14-27(28)33-29)31(36)32-15-17-35-16-5-4-10-23(35)3/h6-9,11-14,18-20,23H,4-5,10,15-17H2,1-3H3,(H,32,36)/t23-/m1/s1. The fourth-order valence-electron chi connectivity index (χ4n) is 5.09. The third-order valence-electron chi connectivity index (χ3n) is 7.13. The molecule has 5 rings (SSSR count). The first-order chi connectivity index (χ1) is 17.5. The number of likely N-dealkylation sites (tertiary alicyclic amines) is 1. The first kappa shape index (κ1) is 24.1. The minimum absolute atomic E-state index is 0.0665. The number of fused-ring (bicyclic) bond motifs is 1. The quantitative estimate of drug-likeness (QED) is 0.359. The van der Waals surface area contributed by atoms with E-state index in [1.807, 2.05) is 24.3 Å². The molecule has 5 heteroatoms. The van der Waals surface area contributed by atoms with Gasteiger partial charge in [-0.2, -0.15) is 0 Å². The Labute approximate surface area is 213 Å². The summed E-state index contributed by atoms with van der Waals surface area (Å²) < 4.78 is 0. The number of hydrogen-bond acceptors (Lipinski definition) is 4. The monoisotopic (exact) mass is 478 g/mol. The summed E-state index contributed by atoms with van der Waals surface area (Å²) in [4.78, 5) is 25.5. The van der Waals surface area contributed by atoms with Gasteiger partial charge in [-0.05, 0) is 70.5 Å². The highest BCUT2D eigenvalue weighted by Crippen LogP contribution is 2.32. The van der Waals surface area contributed by atoms with Gasteiger partial charge in [-0.15, -0.1) is 0 Å². The maximum atomic E-state index is 13.0. The Bertz CT molecular complexity index is 1400. The highest BCUT2D eigenvalue weighted by atomic mass is 16.1. The third kappa shape index (κ3) is 5.31. The van der Waals surface area contributed by atoms with Crippen molar-refractivity contribution in [2.75, 3.05) is 19.6 Å². The molecule has 1 saturated heterocycles. The van der Waals surface area contributed by atoms with Crippen LogP contribution in [0.4, 0.5) is 0 Å². The van der Waals surface area contributed by atoms with E-state index in [0.29, 0.717) is 18.2 Å². The van der Waals surface area contributed by atoms with E-state index in [2.05, 4.69) is 73.5 Å². The maximum Gasteiger partial charge on any atom is 0.251 e. The molecule has 0 spiro atoms. The Morgan fingerprint density at radius 1 is 0.889 bits per heavy atom. The van der Waals surface area contributed by atoms with Crippen molar-refractivity contribution >= 4 is 16.9 Å². The zero-order valence-electron chi connectivity index (χ0n) is 21.4. The largest absolute Gasteiger partial charge is 0.351 e. The Kier molecular flexibility index (Phi) is 7.10. The van der Waals surface area contributed by atoms with Crippen LogP contribution >= 0.6 is 0 Å². The van der Waals surface area contributed by atoms with Crippen LogP contribution in [0.5, 0.6) is 0 Å². The second-order valence-corrected chi connectivity index (χ2v) is 10.00. The van der Waals surface area contributed by atoms with E-state index in [-0.39, 0.29) is 5.91 Å². The lowest BCUT2D eigenvalue weighted by molar-refractivity contribution is 0.0938. The molecule has 1 atom stereocenters. The van der Waals surface area contributed by atoms with Crippen molar-refractivity contribution in [1.82, 2.24) is 20.2 Å². The van der Waals surface area contributed by atoms with Crippen molar-refractivity contribution in [3.8, 4) is 22.5 Å². The first-order valence-corrected chi connectivity index (χ1v) is 13.0. The lowest BCUT2D eigenvalue weighted by atomic mass is 10.0. The summed E-state index contributed by atoms with van der Waals surface area (Å²) >= 11 is 0. The van der Waals surface area contributed by atoms with Crippen molar-refractivity contribution in [3.05, 3.63) is 83.4 Å². The Hall–Kier alpha value is -3.57. The fraction of sp³-hybridized carbons (Fsp3) is 0.323. The molecule has 184 valence electrons. The number of amides is 1. The molecule has 0 unspecified atom stereocenters. The molecule has 3 aromatic carbocycles. The van der Waals surface area contributed by atoms with E-state index >= 15 is 0 Å². The topological polar surface area (TPSA) is 58.1 Å². The summed E-state index contributed by atoms with van der Waals surface area (Å²) in [7, 11) is 0. The Balaban J connectivity index is 1.45. The molecule has 1 amide bonds. The van der Waals surface area contributed by atoms with Crippen LogP contribution in [0.3, 0.4) is 0 Å². The number of piperidine rings is 1. The number of carbonyl (C=O) groups excluding carboxylic acids is 1. The number of benzene rings is 3. The van der Waals surface area contributed by atoms with Crippen LogP contribution in [0.1, 0.15) is 47.7 Å². The molecule has 1 fully saturated rings. The molecule has 36 heavy (non-hydrogen) atoms. The van der Waals surface area contributed by atoms with Crippen LogP contribution in [0.2, 0.25) is 0 Å². The van der Waals surface area contributed by atoms with E-state index < -0.39 is 0 Å². The Morgan fingerprint density at radius 3 is 2.19 bits per heavy atom. The van der Waals surface area contributed by atoms with Gasteiger partial charge in [0.15, 0.2) is 0 Å². The lowest BCUT2D eigenvalue weighted by Crippen LogP contribution is -2.42. The number of rotatable bonds is 6. The van der Waals surface area contributed by atoms with E-state index in [1.54, 1.807) is 0 Å². The summed E-state index contributed by atoms with van der Waals surface area (Å²) in [5.41, 5.74) is 8.19. The van der Waals surface area contributed by atoms with E-state index in [1.165, 1.54) is 30.4 Å². The molecule has 1 aromatic heterocycles. The molecule has 2 heterocycles. The van der Waals surface area contributed by atoms with Gasteiger partial charge in [0.1, 0.15) is 0 Å². The van der Waals surface area contributed by atoms with E-state index in [0.717, 1.165) is 46.6 Å². The number of aromatic nitrogens is 2. The van der Waals surface area contributed by atoms with Crippen LogP contribution in [0.25, 0.3) is 33.5 Å². The van der Waals surface area contributed by atoms with Gasteiger partial charge in [-0.25, -0.2) is 9.97 Å². The molecule has 1 N–H and O–H groups in total. The molecule has 4 aromatic rings. The number of nitrogens with one attached hydrogen (secondary N) is 1. The normalized spacial score (nSPS) is 16.2. The van der Waals surface area contributed by atoms with E-state index in [9.17, 15) is 4.79 Å². The predicted molar refractivity (Wildman–Crippen MR) is 147 cm³/mol. The molecule has 1 aliphatic heterocycles. The number of hydrogen-bond donors (Lipinski definition) is 1. The summed E-state index contributed by atoms with van der Waals surface area (Å²) in [6.07, 6.45) is 3.79. The molecule has 0 bridgehead atoms. The molecular weight excluding hydrogens is 444 g/mol. The van der Waals surface area contributed by atoms with Gasteiger partial charge < -0.3 is 5.32 Å². The number of nitrogens with zero attached hydrogens (tertiary/aromatic N) is 3. The van der Waals surface area contributed by atoms with Crippen LogP contribution in [0, 0.1) is 13.8 Å². The summed E-state index contributed by atoms with van der Waals surface area (Å²) in [6.45, 7) is 9.09. The van der Waals surface area contributed by atoms with Crippen LogP contribution in [-0.4, -0.2) is 46.5 Å². The molecule has 5 nitrogen and oxygen atoms in total. The smallest absolute Gasteiger partial charge is 0.251 e. The fourth-order valence-corrected chi connectivity index (χ4v) is 5.09. The highest BCUT2D eigenvalue weighted by molar-refractivity contribution is 5.98. The minimum Gasteiger partial charge on any atom is -0.351 e. The summed E-state index contributed by atoms with van der Waals surface area (Å²) in [6, 6.07) is 22.9. The van der Waals surface area contributed by atoms with Crippen molar-refractivity contribution in [2.24, 2.45) is 0 Å². The zero-order chi connectivity index (χ0) is 25.1. The van der Waals surface area contributed by atoms with Crippen LogP contribution in [-0.2, 0) is 0 Å². The van der Waals surface area contributed by atoms with Gasteiger partial charge in [-0.1, -0.05) is 53.9 Å². The van der Waals surface area contributed by atoms with Crippen molar-refractivity contribution in [2.45, 2.75) is 46.1 Å². The molecule has 1 aliphatic rings. The molecule has 0 saturated carbocycles. The van der Waals surface area contributed by atoms with Gasteiger partial charge in [0, 0.05) is 35.8 Å². The van der Waals surface area contributed by atoms with Gasteiger partial charge in [0.25, 0.3) is 5.91 Å². The average Bonchev–Trinajstić information content (AvgIpc) is 2.88. The SMILES string of the molecule is Cc1cccc(-c2nc3ccc(C(=O)NCCN4CCCC[C@H]4C)cc3nc2-c2cccc(C)c2)c1. The molecule has 0 aliphatic carbocycles. The average molecular weight is 479 g/mol. The van der Waals surface area contributed by atoms with Crippen molar-refractivity contribution in [1.29, 1.82) is 0 Å². The van der Waals surface area contributed by atoms with Gasteiger partial charge >= 0.3 is 0 Å². The van der Waals surface area contributed by atoms with Crippen molar-refractivity contribution < 1.29 is 4.79 Å². The molecule has 0 radical (unpaired) electrons. The lowest BCUT2D eigenvalue weighted by Gasteiger charge is -2.33. The van der Waals surface area contributed by atoms with Crippen molar-refractivity contribution in [3.63, 3.8) is 0 Å². The van der Waals surface area contributed by atoms with Crippen LogP contribution in [0.15, 0.2) is 66.7 Å². The van der Waals surface area contributed by atoms with Crippen LogP contribution < -0.4 is 5.32 Å². The predicted octanol–water partition coefficient (Wildman–Crippen LogP) is 6.18. The number of carbonyl (C=O) groups is 1. The van der Waals surface area contributed by atoms with Gasteiger partial charge in [0.05, 0.1) is 22.4 Å². The minimum atomic E-state index is -0.0665. The highest BCUT2D eigenvalue weighted by Gasteiger charge is 2.18. The number of aryl methyl sites for hydroxylation is 2. The van der Waals surface area contributed by atoms with Gasteiger partial charge in [0.2, 0.25) is 0 Å². The summed E-state index contributed by atoms with van der Waals surface area (Å²) in [5, 5.41) is 3.10. The first-order valence-electron chi connectivity index (χ1n) is 13.0. The second-order valence-electron chi connectivity index (χ2n) is 10.00. The third-order valence-corrected chi connectivity index (χ3v) is 7.13. The summed E-state index contributed by atoms with van der Waals surface area (Å²) in [5.74, 6) is -0.0665. The second kappa shape index (κ2) is 10.6.